The van der Waals surface area contributed by atoms with Gasteiger partial charge in [0.2, 0.25) is 0 Å². The van der Waals surface area contributed by atoms with Gasteiger partial charge >= 0.3 is 0 Å². The molecule has 0 saturated heterocycles. The smallest absolute Gasteiger partial charge is 0.259 e. The summed E-state index contributed by atoms with van der Waals surface area (Å²) in [6.07, 6.45) is 2.44. The monoisotopic (exact) mass is 214 g/mol. The van der Waals surface area contributed by atoms with Gasteiger partial charge in [-0.25, -0.2) is 0 Å². The van der Waals surface area contributed by atoms with Crippen LogP contribution < -0.4 is 11.3 Å². The fourth-order valence-corrected chi connectivity index (χ4v) is 2.06. The number of aromatic nitrogens is 1. The van der Waals surface area contributed by atoms with Crippen LogP contribution in [0.5, 0.6) is 0 Å². The van der Waals surface area contributed by atoms with Gasteiger partial charge in [-0.15, -0.1) is 0 Å². The fourth-order valence-electron chi connectivity index (χ4n) is 2.06. The zero-order valence-corrected chi connectivity index (χ0v) is 9.02. The van der Waals surface area contributed by atoms with E-state index in [2.05, 4.69) is 0 Å². The van der Waals surface area contributed by atoms with Crippen molar-refractivity contribution >= 4 is 16.6 Å². The maximum Gasteiger partial charge on any atom is 0.259 e. The average molecular weight is 214 g/mol. The van der Waals surface area contributed by atoms with Crippen LogP contribution in [-0.2, 0) is 6.54 Å². The highest BCUT2D eigenvalue weighted by molar-refractivity contribution is 5.83. The predicted molar refractivity (Wildman–Crippen MR) is 65.3 cm³/mol. The molecule has 1 aromatic carbocycles. The Morgan fingerprint density at radius 2 is 2.06 bits per heavy atom. The number of nitrogen functional groups attached to an aromatic ring is 1. The van der Waals surface area contributed by atoms with Crippen LogP contribution in [0.25, 0.3) is 10.8 Å². The second kappa shape index (κ2) is 3.37. The van der Waals surface area contributed by atoms with E-state index in [1.54, 1.807) is 4.57 Å². The Morgan fingerprint density at radius 1 is 1.31 bits per heavy atom. The summed E-state index contributed by atoms with van der Waals surface area (Å²) in [7, 11) is 0. The summed E-state index contributed by atoms with van der Waals surface area (Å²) in [6.45, 7) is 0.773. The van der Waals surface area contributed by atoms with Crippen LogP contribution in [-0.4, -0.2) is 4.57 Å². The molecule has 0 amide bonds. The van der Waals surface area contributed by atoms with Gasteiger partial charge in [0.25, 0.3) is 5.56 Å². The van der Waals surface area contributed by atoms with Crippen molar-refractivity contribution in [2.75, 3.05) is 5.73 Å². The second-order valence-electron chi connectivity index (χ2n) is 4.52. The topological polar surface area (TPSA) is 48.0 Å². The SMILES string of the molecule is Nc1cc2ccccc2c(=O)n1CC1CC1. The minimum absolute atomic E-state index is 0.0440. The Hall–Kier alpha value is -1.77. The molecule has 1 aromatic heterocycles. The van der Waals surface area contributed by atoms with Crippen LogP contribution >= 0.6 is 0 Å². The average Bonchev–Trinajstić information content (AvgIpc) is 3.08. The molecule has 0 aliphatic heterocycles. The summed E-state index contributed by atoms with van der Waals surface area (Å²) in [5.74, 6) is 1.23. The highest BCUT2D eigenvalue weighted by atomic mass is 16.1. The number of pyridine rings is 1. The number of benzene rings is 1. The van der Waals surface area contributed by atoms with Crippen molar-refractivity contribution in [3.05, 3.63) is 40.7 Å². The lowest BCUT2D eigenvalue weighted by Crippen LogP contribution is -2.23. The summed E-state index contributed by atoms with van der Waals surface area (Å²) in [4.78, 5) is 12.2. The van der Waals surface area contributed by atoms with Crippen LogP contribution in [0.4, 0.5) is 5.82 Å². The zero-order valence-electron chi connectivity index (χ0n) is 9.02. The van der Waals surface area contributed by atoms with E-state index in [9.17, 15) is 4.79 Å². The molecular weight excluding hydrogens is 200 g/mol. The van der Waals surface area contributed by atoms with Gasteiger partial charge in [-0.05, 0) is 36.3 Å². The van der Waals surface area contributed by atoms with Crippen molar-refractivity contribution in [1.29, 1.82) is 0 Å². The Labute approximate surface area is 93.5 Å². The molecule has 1 aliphatic carbocycles. The molecule has 3 heteroatoms. The largest absolute Gasteiger partial charge is 0.385 e. The third kappa shape index (κ3) is 1.48. The first kappa shape index (κ1) is 9.46. The minimum Gasteiger partial charge on any atom is -0.385 e. The molecule has 1 aliphatic rings. The molecular formula is C13H14N2O. The lowest BCUT2D eigenvalue weighted by atomic mass is 10.1. The highest BCUT2D eigenvalue weighted by Crippen LogP contribution is 2.31. The molecule has 82 valence electrons. The molecule has 0 bridgehead atoms. The molecule has 1 fully saturated rings. The zero-order chi connectivity index (χ0) is 11.1. The van der Waals surface area contributed by atoms with Gasteiger partial charge in [0.1, 0.15) is 5.82 Å². The molecule has 0 spiro atoms. The lowest BCUT2D eigenvalue weighted by Gasteiger charge is -2.10. The van der Waals surface area contributed by atoms with Crippen molar-refractivity contribution in [3.63, 3.8) is 0 Å². The van der Waals surface area contributed by atoms with E-state index in [1.165, 1.54) is 12.8 Å². The first-order chi connectivity index (χ1) is 7.75. The molecule has 3 rings (SSSR count). The number of anilines is 1. The van der Waals surface area contributed by atoms with Crippen LogP contribution in [0, 0.1) is 5.92 Å². The first-order valence-corrected chi connectivity index (χ1v) is 5.64. The van der Waals surface area contributed by atoms with Gasteiger partial charge in [-0.3, -0.25) is 9.36 Å². The summed E-state index contributed by atoms with van der Waals surface area (Å²) in [5.41, 5.74) is 5.97. The normalized spacial score (nSPS) is 15.5. The van der Waals surface area contributed by atoms with Crippen LogP contribution in [0.3, 0.4) is 0 Å². The van der Waals surface area contributed by atoms with Crippen LogP contribution in [0.15, 0.2) is 35.1 Å². The number of hydrogen-bond donors (Lipinski definition) is 1. The van der Waals surface area contributed by atoms with Gasteiger partial charge < -0.3 is 5.73 Å². The highest BCUT2D eigenvalue weighted by Gasteiger charge is 2.23. The van der Waals surface area contributed by atoms with E-state index in [-0.39, 0.29) is 5.56 Å². The van der Waals surface area contributed by atoms with E-state index < -0.39 is 0 Å². The van der Waals surface area contributed by atoms with Crippen molar-refractivity contribution < 1.29 is 0 Å². The fraction of sp³-hybridized carbons (Fsp3) is 0.308. The Balaban J connectivity index is 2.23. The number of nitrogens with two attached hydrogens (primary N) is 1. The molecule has 2 aromatic rings. The standard InChI is InChI=1S/C13H14N2O/c14-12-7-10-3-1-2-4-11(10)13(16)15(12)8-9-5-6-9/h1-4,7,9H,5-6,8,14H2. The molecule has 0 unspecified atom stereocenters. The molecule has 16 heavy (non-hydrogen) atoms. The van der Waals surface area contributed by atoms with Crippen LogP contribution in [0.2, 0.25) is 0 Å². The lowest BCUT2D eigenvalue weighted by molar-refractivity contribution is 0.619. The van der Waals surface area contributed by atoms with E-state index in [1.807, 2.05) is 30.3 Å². The minimum atomic E-state index is 0.0440. The van der Waals surface area contributed by atoms with Gasteiger partial charge in [0.05, 0.1) is 0 Å². The summed E-state index contributed by atoms with van der Waals surface area (Å²) >= 11 is 0. The molecule has 0 atom stereocenters. The maximum atomic E-state index is 12.2. The predicted octanol–water partition coefficient (Wildman–Crippen LogP) is 1.99. The van der Waals surface area contributed by atoms with Crippen molar-refractivity contribution in [1.82, 2.24) is 4.57 Å². The van der Waals surface area contributed by atoms with Crippen molar-refractivity contribution in [3.8, 4) is 0 Å². The van der Waals surface area contributed by atoms with E-state index in [0.29, 0.717) is 11.7 Å². The Kier molecular flexibility index (Phi) is 1.99. The summed E-state index contributed by atoms with van der Waals surface area (Å²) < 4.78 is 1.71. The van der Waals surface area contributed by atoms with E-state index in [4.69, 9.17) is 5.73 Å². The maximum absolute atomic E-state index is 12.2. The number of nitrogens with zero attached hydrogens (tertiary/aromatic N) is 1. The number of hydrogen-bond acceptors (Lipinski definition) is 2. The van der Waals surface area contributed by atoms with Gasteiger partial charge in [0.15, 0.2) is 0 Å². The van der Waals surface area contributed by atoms with Crippen LogP contribution in [0.1, 0.15) is 12.8 Å². The number of rotatable bonds is 2. The van der Waals surface area contributed by atoms with Crippen molar-refractivity contribution in [2.45, 2.75) is 19.4 Å². The summed E-state index contributed by atoms with van der Waals surface area (Å²) in [5, 5.41) is 1.69. The van der Waals surface area contributed by atoms with Crippen molar-refractivity contribution in [2.24, 2.45) is 5.92 Å². The Morgan fingerprint density at radius 3 is 2.81 bits per heavy atom. The molecule has 1 heterocycles. The van der Waals surface area contributed by atoms with Gasteiger partial charge in [-0.2, -0.15) is 0 Å². The summed E-state index contributed by atoms with van der Waals surface area (Å²) in [6, 6.07) is 9.49. The second-order valence-corrected chi connectivity index (χ2v) is 4.52. The molecule has 2 N–H and O–H groups in total. The van der Waals surface area contributed by atoms with E-state index >= 15 is 0 Å². The van der Waals surface area contributed by atoms with Gasteiger partial charge in [-0.1, -0.05) is 18.2 Å². The molecule has 0 radical (unpaired) electrons. The third-order valence-electron chi connectivity index (χ3n) is 3.19. The first-order valence-electron chi connectivity index (χ1n) is 5.64. The third-order valence-corrected chi connectivity index (χ3v) is 3.19. The quantitative estimate of drug-likeness (QED) is 0.831. The van der Waals surface area contributed by atoms with E-state index in [0.717, 1.165) is 17.3 Å². The number of fused-ring (bicyclic) bond motifs is 1. The Bertz CT molecular complexity index is 596. The molecule has 1 saturated carbocycles. The van der Waals surface area contributed by atoms with Gasteiger partial charge in [0, 0.05) is 11.9 Å². The molecule has 3 nitrogen and oxygen atoms in total.